The van der Waals surface area contributed by atoms with Gasteiger partial charge in [-0.05, 0) is 12.8 Å². The number of hydrogen-bond acceptors (Lipinski definition) is 3. The fourth-order valence-electron chi connectivity index (χ4n) is 1.43. The summed E-state index contributed by atoms with van der Waals surface area (Å²) in [6.45, 7) is 0. The van der Waals surface area contributed by atoms with Crippen molar-refractivity contribution in [2.45, 2.75) is 35.4 Å². The molecule has 0 bridgehead atoms. The summed E-state index contributed by atoms with van der Waals surface area (Å²) in [5, 5.41) is 6.45. The van der Waals surface area contributed by atoms with E-state index < -0.39 is 25.6 Å². The van der Waals surface area contributed by atoms with Gasteiger partial charge in [0.1, 0.15) is 0 Å². The number of alkyl halides is 1. The van der Waals surface area contributed by atoms with Crippen molar-refractivity contribution >= 4 is 15.8 Å². The van der Waals surface area contributed by atoms with Gasteiger partial charge in [-0.2, -0.15) is 0 Å². The Bertz CT molecular complexity index is 364. The molecule has 0 aromatic rings. The van der Waals surface area contributed by atoms with Crippen LogP contribution in [0.4, 0.5) is 4.39 Å². The molecule has 0 atom stereocenters. The SMILES string of the molecule is O=C(O)C1(S(=O)(=O)C2(F)CC2)CC1. The summed E-state index contributed by atoms with van der Waals surface area (Å²) in [6, 6.07) is 0. The van der Waals surface area contributed by atoms with Crippen LogP contribution in [0.2, 0.25) is 0 Å². The quantitative estimate of drug-likeness (QED) is 0.732. The predicted octanol–water partition coefficient (Wildman–Crippen LogP) is 0.478. The molecular formula is C7H9FO4S. The Hall–Kier alpha value is -0.650. The molecule has 0 radical (unpaired) electrons. The van der Waals surface area contributed by atoms with Gasteiger partial charge in [0.2, 0.25) is 14.8 Å². The molecule has 0 spiro atoms. The molecule has 74 valence electrons. The van der Waals surface area contributed by atoms with Crippen LogP contribution in [0.25, 0.3) is 0 Å². The fourth-order valence-corrected chi connectivity index (χ4v) is 3.64. The Kier molecular flexibility index (Phi) is 1.41. The summed E-state index contributed by atoms with van der Waals surface area (Å²) in [4.78, 5) is 10.7. The molecule has 0 aromatic carbocycles. The second-order valence-electron chi connectivity index (χ2n) is 3.69. The number of carbonyl (C=O) groups is 1. The van der Waals surface area contributed by atoms with Gasteiger partial charge in [-0.25, -0.2) is 12.8 Å². The van der Waals surface area contributed by atoms with Gasteiger partial charge in [0.25, 0.3) is 0 Å². The summed E-state index contributed by atoms with van der Waals surface area (Å²) in [5.74, 6) is -1.41. The van der Waals surface area contributed by atoms with Crippen molar-refractivity contribution in [1.82, 2.24) is 0 Å². The lowest BCUT2D eigenvalue weighted by Crippen LogP contribution is -2.39. The van der Waals surface area contributed by atoms with Crippen LogP contribution in [-0.4, -0.2) is 29.2 Å². The molecule has 0 aliphatic heterocycles. The highest BCUT2D eigenvalue weighted by Gasteiger charge is 2.72. The number of carboxylic acid groups (broad SMARTS) is 1. The number of rotatable bonds is 3. The van der Waals surface area contributed by atoms with Crippen LogP contribution in [0.15, 0.2) is 0 Å². The third-order valence-corrected chi connectivity index (χ3v) is 5.72. The van der Waals surface area contributed by atoms with Crippen LogP contribution in [0.3, 0.4) is 0 Å². The van der Waals surface area contributed by atoms with Crippen LogP contribution in [0.5, 0.6) is 0 Å². The van der Waals surface area contributed by atoms with E-state index in [2.05, 4.69) is 0 Å². The zero-order chi connectivity index (χ0) is 9.91. The van der Waals surface area contributed by atoms with Gasteiger partial charge in [-0.1, -0.05) is 0 Å². The zero-order valence-electron chi connectivity index (χ0n) is 6.79. The zero-order valence-corrected chi connectivity index (χ0v) is 7.60. The van der Waals surface area contributed by atoms with E-state index in [9.17, 15) is 17.6 Å². The van der Waals surface area contributed by atoms with Crippen molar-refractivity contribution in [2.24, 2.45) is 0 Å². The standard InChI is InChI=1S/C7H9FO4S/c8-7(3-4-7)13(11,12)6(1-2-6)5(9)10/h1-4H2,(H,9,10). The summed E-state index contributed by atoms with van der Waals surface area (Å²) >= 11 is 0. The minimum Gasteiger partial charge on any atom is -0.480 e. The van der Waals surface area contributed by atoms with Crippen molar-refractivity contribution in [1.29, 1.82) is 0 Å². The molecule has 0 amide bonds. The minimum absolute atomic E-state index is 0.0512. The molecule has 0 saturated heterocycles. The van der Waals surface area contributed by atoms with Gasteiger partial charge < -0.3 is 5.11 Å². The first-order valence-electron chi connectivity index (χ1n) is 4.02. The Morgan fingerprint density at radius 2 is 1.69 bits per heavy atom. The topological polar surface area (TPSA) is 71.4 Å². The average Bonchev–Trinajstić information content (AvgIpc) is 2.76. The van der Waals surface area contributed by atoms with E-state index >= 15 is 0 Å². The van der Waals surface area contributed by atoms with Crippen LogP contribution in [-0.2, 0) is 14.6 Å². The minimum atomic E-state index is -4.12. The predicted molar refractivity (Wildman–Crippen MR) is 41.6 cm³/mol. The molecule has 0 aromatic heterocycles. The highest BCUT2D eigenvalue weighted by Crippen LogP contribution is 2.57. The van der Waals surface area contributed by atoms with E-state index in [1.807, 2.05) is 0 Å². The summed E-state index contributed by atoms with van der Waals surface area (Å²) < 4.78 is 34.5. The van der Waals surface area contributed by atoms with E-state index in [0.29, 0.717) is 0 Å². The Labute approximate surface area is 74.7 Å². The highest BCUT2D eigenvalue weighted by atomic mass is 32.2. The Balaban J connectivity index is 2.41. The lowest BCUT2D eigenvalue weighted by Gasteiger charge is -2.13. The summed E-state index contributed by atoms with van der Waals surface area (Å²) in [7, 11) is -4.12. The number of hydrogen-bond donors (Lipinski definition) is 1. The molecule has 6 heteroatoms. The average molecular weight is 208 g/mol. The molecule has 13 heavy (non-hydrogen) atoms. The van der Waals surface area contributed by atoms with E-state index in [4.69, 9.17) is 5.11 Å². The van der Waals surface area contributed by atoms with Gasteiger partial charge >= 0.3 is 5.97 Å². The van der Waals surface area contributed by atoms with Crippen molar-refractivity contribution in [3.63, 3.8) is 0 Å². The van der Waals surface area contributed by atoms with Crippen LogP contribution in [0, 0.1) is 0 Å². The number of sulfone groups is 1. The van der Waals surface area contributed by atoms with Gasteiger partial charge in [0.15, 0.2) is 4.75 Å². The third kappa shape index (κ3) is 0.892. The smallest absolute Gasteiger partial charge is 0.325 e. The number of halogens is 1. The molecule has 2 saturated carbocycles. The molecule has 2 rings (SSSR count). The molecule has 0 heterocycles. The molecule has 2 aliphatic rings. The Morgan fingerprint density at radius 3 is 1.92 bits per heavy atom. The number of carboxylic acids is 1. The molecule has 2 fully saturated rings. The van der Waals surface area contributed by atoms with Gasteiger partial charge in [-0.3, -0.25) is 4.79 Å². The maximum atomic E-state index is 13.3. The molecule has 1 N–H and O–H groups in total. The van der Waals surface area contributed by atoms with Crippen LogP contribution >= 0.6 is 0 Å². The van der Waals surface area contributed by atoms with E-state index in [1.165, 1.54) is 0 Å². The van der Waals surface area contributed by atoms with Gasteiger partial charge in [0, 0.05) is 12.8 Å². The molecule has 0 unspecified atom stereocenters. The highest BCUT2D eigenvalue weighted by molar-refractivity contribution is 7.95. The van der Waals surface area contributed by atoms with E-state index in [0.717, 1.165) is 0 Å². The monoisotopic (exact) mass is 208 g/mol. The first-order chi connectivity index (χ1) is 5.86. The van der Waals surface area contributed by atoms with Gasteiger partial charge in [0.05, 0.1) is 0 Å². The van der Waals surface area contributed by atoms with Crippen LogP contribution in [0.1, 0.15) is 25.7 Å². The Morgan fingerprint density at radius 1 is 1.23 bits per heavy atom. The molecule has 4 nitrogen and oxygen atoms in total. The van der Waals surface area contributed by atoms with Crippen molar-refractivity contribution in [3.8, 4) is 0 Å². The lowest BCUT2D eigenvalue weighted by atomic mass is 10.4. The summed E-state index contributed by atoms with van der Waals surface area (Å²) in [6.07, 6.45) is 0.00139. The lowest BCUT2D eigenvalue weighted by molar-refractivity contribution is -0.137. The van der Waals surface area contributed by atoms with Crippen molar-refractivity contribution in [2.75, 3.05) is 0 Å². The van der Waals surface area contributed by atoms with E-state index in [1.54, 1.807) is 0 Å². The molecular weight excluding hydrogens is 199 g/mol. The molecule has 2 aliphatic carbocycles. The van der Waals surface area contributed by atoms with Crippen molar-refractivity contribution in [3.05, 3.63) is 0 Å². The fraction of sp³-hybridized carbons (Fsp3) is 0.857. The largest absolute Gasteiger partial charge is 0.480 e. The second kappa shape index (κ2) is 2.05. The van der Waals surface area contributed by atoms with Crippen LogP contribution < -0.4 is 0 Å². The maximum absolute atomic E-state index is 13.3. The second-order valence-corrected chi connectivity index (χ2v) is 6.21. The first-order valence-corrected chi connectivity index (χ1v) is 5.51. The normalized spacial score (nSPS) is 28.1. The number of aliphatic carboxylic acids is 1. The van der Waals surface area contributed by atoms with E-state index in [-0.39, 0.29) is 25.7 Å². The maximum Gasteiger partial charge on any atom is 0.325 e. The third-order valence-electron chi connectivity index (χ3n) is 2.73. The van der Waals surface area contributed by atoms with Crippen molar-refractivity contribution < 1.29 is 22.7 Å². The van der Waals surface area contributed by atoms with Gasteiger partial charge in [-0.15, -0.1) is 0 Å². The summed E-state index contributed by atoms with van der Waals surface area (Å²) in [5.41, 5.74) is 0. The first kappa shape index (κ1) is 8.93.